The Balaban J connectivity index is 1.99. The standard InChI is InChI=1S/C13H12ClN3O4/c1-7-4-9(17-21-7)6-15-13(20)16-11-5-8(12(18)19)2-3-10(11)14/h2-5H,6H2,1H3,(H,18,19)(H2,15,16,20). The number of carbonyl (C=O) groups excluding carboxylic acids is 1. The number of hydrogen-bond acceptors (Lipinski definition) is 4. The zero-order valence-corrected chi connectivity index (χ0v) is 11.8. The zero-order chi connectivity index (χ0) is 15.4. The Morgan fingerprint density at radius 1 is 1.38 bits per heavy atom. The number of carboxylic acid groups (broad SMARTS) is 1. The molecule has 110 valence electrons. The highest BCUT2D eigenvalue weighted by Gasteiger charge is 2.10. The van der Waals surface area contributed by atoms with E-state index in [0.29, 0.717) is 11.5 Å². The topological polar surface area (TPSA) is 104 Å². The molecule has 2 rings (SSSR count). The van der Waals surface area contributed by atoms with Gasteiger partial charge in [0, 0.05) is 6.07 Å². The molecule has 3 N–H and O–H groups in total. The number of hydrogen-bond donors (Lipinski definition) is 3. The number of nitrogens with zero attached hydrogens (tertiary/aromatic N) is 1. The number of aryl methyl sites for hydroxylation is 1. The van der Waals surface area contributed by atoms with Crippen molar-refractivity contribution < 1.29 is 19.2 Å². The van der Waals surface area contributed by atoms with Crippen molar-refractivity contribution in [3.05, 3.63) is 46.3 Å². The monoisotopic (exact) mass is 309 g/mol. The first-order valence-corrected chi connectivity index (χ1v) is 6.33. The van der Waals surface area contributed by atoms with Crippen LogP contribution in [0.1, 0.15) is 21.8 Å². The van der Waals surface area contributed by atoms with Gasteiger partial charge in [-0.1, -0.05) is 16.8 Å². The first-order chi connectivity index (χ1) is 9.95. The number of aromatic nitrogens is 1. The highest BCUT2D eigenvalue weighted by Crippen LogP contribution is 2.23. The molecule has 0 saturated carbocycles. The van der Waals surface area contributed by atoms with Crippen LogP contribution in [-0.2, 0) is 6.54 Å². The molecule has 8 heteroatoms. The molecule has 7 nitrogen and oxygen atoms in total. The molecule has 2 aromatic rings. The molecule has 0 fully saturated rings. The molecule has 1 heterocycles. The van der Waals surface area contributed by atoms with Crippen LogP contribution < -0.4 is 10.6 Å². The molecule has 2 amide bonds. The second-order valence-corrected chi connectivity index (χ2v) is 4.64. The summed E-state index contributed by atoms with van der Waals surface area (Å²) in [7, 11) is 0. The third-order valence-corrected chi connectivity index (χ3v) is 2.90. The predicted molar refractivity (Wildman–Crippen MR) is 75.5 cm³/mol. The van der Waals surface area contributed by atoms with E-state index < -0.39 is 12.0 Å². The lowest BCUT2D eigenvalue weighted by Crippen LogP contribution is -2.28. The van der Waals surface area contributed by atoms with Gasteiger partial charge in [-0.25, -0.2) is 9.59 Å². The quantitative estimate of drug-likeness (QED) is 0.805. The Morgan fingerprint density at radius 3 is 2.76 bits per heavy atom. The highest BCUT2D eigenvalue weighted by atomic mass is 35.5. The highest BCUT2D eigenvalue weighted by molar-refractivity contribution is 6.33. The molecule has 0 atom stereocenters. The van der Waals surface area contributed by atoms with E-state index in [-0.39, 0.29) is 22.8 Å². The van der Waals surface area contributed by atoms with Crippen LogP contribution in [0.4, 0.5) is 10.5 Å². The summed E-state index contributed by atoms with van der Waals surface area (Å²) in [5, 5.41) is 17.9. The zero-order valence-electron chi connectivity index (χ0n) is 11.0. The predicted octanol–water partition coefficient (Wildman–Crippen LogP) is 2.66. The molecule has 0 unspecified atom stereocenters. The molecule has 0 aliphatic rings. The van der Waals surface area contributed by atoms with Crippen molar-refractivity contribution in [1.82, 2.24) is 10.5 Å². The Kier molecular flexibility index (Phi) is 4.44. The molecule has 1 aromatic carbocycles. The SMILES string of the molecule is Cc1cc(CNC(=O)Nc2cc(C(=O)O)ccc2Cl)no1. The maximum Gasteiger partial charge on any atom is 0.335 e. The van der Waals surface area contributed by atoms with Crippen LogP contribution in [-0.4, -0.2) is 22.3 Å². The van der Waals surface area contributed by atoms with Crippen LogP contribution in [0.15, 0.2) is 28.8 Å². The number of benzene rings is 1. The van der Waals surface area contributed by atoms with E-state index in [9.17, 15) is 9.59 Å². The molecular weight excluding hydrogens is 298 g/mol. The van der Waals surface area contributed by atoms with E-state index in [0.717, 1.165) is 0 Å². The van der Waals surface area contributed by atoms with Gasteiger partial charge in [-0.2, -0.15) is 0 Å². The first kappa shape index (κ1) is 14.9. The smallest absolute Gasteiger partial charge is 0.335 e. The third-order valence-electron chi connectivity index (χ3n) is 2.57. The summed E-state index contributed by atoms with van der Waals surface area (Å²) >= 11 is 5.90. The average Bonchev–Trinajstić information content (AvgIpc) is 2.84. The summed E-state index contributed by atoms with van der Waals surface area (Å²) < 4.78 is 4.87. The van der Waals surface area contributed by atoms with E-state index in [4.69, 9.17) is 21.2 Å². The van der Waals surface area contributed by atoms with Crippen LogP contribution in [0.5, 0.6) is 0 Å². The van der Waals surface area contributed by atoms with E-state index in [1.165, 1.54) is 18.2 Å². The fourth-order valence-corrected chi connectivity index (χ4v) is 1.76. The number of carbonyl (C=O) groups is 2. The van der Waals surface area contributed by atoms with E-state index in [1.54, 1.807) is 13.0 Å². The van der Waals surface area contributed by atoms with Gasteiger partial charge in [0.15, 0.2) is 0 Å². The van der Waals surface area contributed by atoms with Gasteiger partial charge in [0.2, 0.25) is 0 Å². The van der Waals surface area contributed by atoms with Crippen LogP contribution >= 0.6 is 11.6 Å². The van der Waals surface area contributed by atoms with E-state index in [2.05, 4.69) is 15.8 Å². The Bertz CT molecular complexity index is 684. The lowest BCUT2D eigenvalue weighted by Gasteiger charge is -2.08. The summed E-state index contributed by atoms with van der Waals surface area (Å²) in [5.41, 5.74) is 0.820. The van der Waals surface area contributed by atoms with Gasteiger partial charge in [-0.05, 0) is 25.1 Å². The maximum atomic E-state index is 11.7. The average molecular weight is 310 g/mol. The second kappa shape index (κ2) is 6.27. The van der Waals surface area contributed by atoms with Gasteiger partial charge >= 0.3 is 12.0 Å². The van der Waals surface area contributed by atoms with E-state index >= 15 is 0 Å². The fraction of sp³-hybridized carbons (Fsp3) is 0.154. The number of halogens is 1. The van der Waals surface area contributed by atoms with Gasteiger partial charge in [-0.15, -0.1) is 0 Å². The molecule has 0 saturated heterocycles. The van der Waals surface area contributed by atoms with Crippen LogP contribution in [0.25, 0.3) is 0 Å². The third kappa shape index (κ3) is 3.96. The number of rotatable bonds is 4. The lowest BCUT2D eigenvalue weighted by molar-refractivity contribution is 0.0697. The van der Waals surface area contributed by atoms with Gasteiger partial charge in [-0.3, -0.25) is 0 Å². The van der Waals surface area contributed by atoms with Crippen molar-refractivity contribution in [3.63, 3.8) is 0 Å². The van der Waals surface area contributed by atoms with Gasteiger partial charge in [0.1, 0.15) is 11.5 Å². The summed E-state index contributed by atoms with van der Waals surface area (Å²) in [6.45, 7) is 1.92. The van der Waals surface area contributed by atoms with Crippen molar-refractivity contribution in [1.29, 1.82) is 0 Å². The normalized spacial score (nSPS) is 10.2. The summed E-state index contributed by atoms with van der Waals surface area (Å²) in [6, 6.07) is 5.20. The molecule has 0 aliphatic heterocycles. The molecule has 0 radical (unpaired) electrons. The van der Waals surface area contributed by atoms with Crippen LogP contribution in [0.3, 0.4) is 0 Å². The van der Waals surface area contributed by atoms with Crippen molar-refractivity contribution in [2.24, 2.45) is 0 Å². The van der Waals surface area contributed by atoms with Crippen molar-refractivity contribution in [2.45, 2.75) is 13.5 Å². The molecular formula is C13H12ClN3O4. The van der Waals surface area contributed by atoms with Crippen molar-refractivity contribution in [2.75, 3.05) is 5.32 Å². The number of aromatic carboxylic acids is 1. The Hall–Kier alpha value is -2.54. The number of urea groups is 1. The van der Waals surface area contributed by atoms with Crippen molar-refractivity contribution in [3.8, 4) is 0 Å². The minimum Gasteiger partial charge on any atom is -0.478 e. The molecule has 0 aliphatic carbocycles. The number of nitrogens with one attached hydrogen (secondary N) is 2. The molecule has 21 heavy (non-hydrogen) atoms. The summed E-state index contributed by atoms with van der Waals surface area (Å²) in [6.07, 6.45) is 0. The van der Waals surface area contributed by atoms with Crippen molar-refractivity contribution >= 4 is 29.3 Å². The Labute approximate surface area is 124 Å². The number of carboxylic acids is 1. The van der Waals surface area contributed by atoms with Crippen LogP contribution in [0.2, 0.25) is 5.02 Å². The van der Waals surface area contributed by atoms with Crippen LogP contribution in [0, 0.1) is 6.92 Å². The summed E-state index contributed by atoms with van der Waals surface area (Å²) in [5.74, 6) is -0.461. The number of amides is 2. The first-order valence-electron chi connectivity index (χ1n) is 5.95. The minimum absolute atomic E-state index is 0.0295. The number of anilines is 1. The van der Waals surface area contributed by atoms with E-state index in [1.807, 2.05) is 0 Å². The van der Waals surface area contributed by atoms with Gasteiger partial charge < -0.3 is 20.3 Å². The van der Waals surface area contributed by atoms with Gasteiger partial charge in [0.05, 0.1) is 22.8 Å². The fourth-order valence-electron chi connectivity index (χ4n) is 1.59. The summed E-state index contributed by atoms with van der Waals surface area (Å²) in [4.78, 5) is 22.6. The molecule has 1 aromatic heterocycles. The maximum absolute atomic E-state index is 11.7. The minimum atomic E-state index is -1.10. The molecule has 0 spiro atoms. The molecule has 0 bridgehead atoms. The second-order valence-electron chi connectivity index (χ2n) is 4.24. The Morgan fingerprint density at radius 2 is 2.14 bits per heavy atom. The largest absolute Gasteiger partial charge is 0.478 e. The van der Waals surface area contributed by atoms with Gasteiger partial charge in [0.25, 0.3) is 0 Å². The lowest BCUT2D eigenvalue weighted by atomic mass is 10.2.